The molecule has 1 aromatic carbocycles. The molecule has 0 radical (unpaired) electrons. The van der Waals surface area contributed by atoms with Gasteiger partial charge in [0.15, 0.2) is 0 Å². The molecule has 1 atom stereocenters. The maximum atomic E-state index is 12.7. The van der Waals surface area contributed by atoms with Crippen molar-refractivity contribution in [1.29, 1.82) is 0 Å². The topological polar surface area (TPSA) is 118 Å². The summed E-state index contributed by atoms with van der Waals surface area (Å²) in [5.41, 5.74) is -0.0634. The lowest BCUT2D eigenvalue weighted by atomic mass is 9.98. The van der Waals surface area contributed by atoms with Gasteiger partial charge in [-0.05, 0) is 56.9 Å². The van der Waals surface area contributed by atoms with Crippen LogP contribution in [-0.2, 0) is 14.8 Å². The minimum absolute atomic E-state index is 0.114. The van der Waals surface area contributed by atoms with E-state index in [0.717, 1.165) is 0 Å². The molecule has 1 saturated heterocycles. The Balaban J connectivity index is 2.53. The third kappa shape index (κ3) is 2.96. The van der Waals surface area contributed by atoms with Crippen molar-refractivity contribution >= 4 is 21.9 Å². The van der Waals surface area contributed by atoms with Gasteiger partial charge >= 0.3 is 5.97 Å². The molecule has 1 aromatic rings. The summed E-state index contributed by atoms with van der Waals surface area (Å²) in [6, 6.07) is 2.79. The summed E-state index contributed by atoms with van der Waals surface area (Å²) < 4.78 is 23.4. The van der Waals surface area contributed by atoms with E-state index in [1.54, 1.807) is 19.9 Å². The van der Waals surface area contributed by atoms with Crippen LogP contribution in [0, 0.1) is 13.8 Å². The smallest absolute Gasteiger partial charge is 0.329 e. The standard InChI is InChI=1S/C15H20N2O5S/c1-9-7-11(8-12(10(9)2)23(16,21)22)13(18)17-6-4-5-15(17,3)14(19)20/h7-8H,4-6H2,1-3H3,(H,19,20)(H2,16,21,22)/t15-/m1/s1. The molecule has 0 aliphatic carbocycles. The van der Waals surface area contributed by atoms with E-state index in [4.69, 9.17) is 5.14 Å². The second kappa shape index (κ2) is 5.61. The molecule has 1 aliphatic heterocycles. The fourth-order valence-electron chi connectivity index (χ4n) is 2.91. The largest absolute Gasteiger partial charge is 0.480 e. The number of carbonyl (C=O) groups is 2. The first-order valence-corrected chi connectivity index (χ1v) is 8.72. The molecule has 1 aliphatic rings. The number of amides is 1. The number of carboxylic acids is 1. The summed E-state index contributed by atoms with van der Waals surface area (Å²) in [6.45, 7) is 5.11. The first kappa shape index (κ1) is 17.4. The number of nitrogens with two attached hydrogens (primary N) is 1. The van der Waals surface area contributed by atoms with Crippen LogP contribution in [0.15, 0.2) is 17.0 Å². The van der Waals surface area contributed by atoms with E-state index >= 15 is 0 Å². The maximum absolute atomic E-state index is 12.7. The number of benzene rings is 1. The Morgan fingerprint density at radius 1 is 1.30 bits per heavy atom. The molecular formula is C15H20N2O5S. The molecule has 1 fully saturated rings. The number of primary sulfonamides is 1. The Bertz CT molecular complexity index is 787. The minimum Gasteiger partial charge on any atom is -0.480 e. The fraction of sp³-hybridized carbons (Fsp3) is 0.467. The average Bonchev–Trinajstić information content (AvgIpc) is 2.83. The molecule has 1 amide bonds. The molecule has 3 N–H and O–H groups in total. The molecule has 126 valence electrons. The molecule has 7 nitrogen and oxygen atoms in total. The number of sulfonamides is 1. The second-order valence-electron chi connectivity index (χ2n) is 6.10. The third-order valence-electron chi connectivity index (χ3n) is 4.52. The van der Waals surface area contributed by atoms with E-state index in [-0.39, 0.29) is 10.5 Å². The molecule has 23 heavy (non-hydrogen) atoms. The number of rotatable bonds is 3. The van der Waals surface area contributed by atoms with Crippen LogP contribution < -0.4 is 5.14 Å². The van der Waals surface area contributed by atoms with Crippen molar-refractivity contribution in [2.45, 2.75) is 44.0 Å². The quantitative estimate of drug-likeness (QED) is 0.852. The van der Waals surface area contributed by atoms with Crippen molar-refractivity contribution in [3.63, 3.8) is 0 Å². The number of aryl methyl sites for hydroxylation is 1. The number of carboxylic acid groups (broad SMARTS) is 1. The van der Waals surface area contributed by atoms with Crippen molar-refractivity contribution in [2.24, 2.45) is 5.14 Å². The lowest BCUT2D eigenvalue weighted by Crippen LogP contribution is -2.50. The Labute approximate surface area is 135 Å². The summed E-state index contributed by atoms with van der Waals surface area (Å²) in [7, 11) is -3.97. The average molecular weight is 340 g/mol. The number of carbonyl (C=O) groups excluding carboxylic acids is 1. The molecule has 2 rings (SSSR count). The third-order valence-corrected chi connectivity index (χ3v) is 5.56. The Hall–Kier alpha value is -1.93. The summed E-state index contributed by atoms with van der Waals surface area (Å²) in [4.78, 5) is 25.4. The summed E-state index contributed by atoms with van der Waals surface area (Å²) in [5, 5.41) is 14.6. The highest BCUT2D eigenvalue weighted by molar-refractivity contribution is 7.89. The molecule has 8 heteroatoms. The number of nitrogens with zero attached hydrogens (tertiary/aromatic N) is 1. The molecular weight excluding hydrogens is 320 g/mol. The molecule has 1 heterocycles. The van der Waals surface area contributed by atoms with Crippen molar-refractivity contribution in [3.8, 4) is 0 Å². The highest BCUT2D eigenvalue weighted by Crippen LogP contribution is 2.31. The van der Waals surface area contributed by atoms with Gasteiger partial charge in [0.2, 0.25) is 10.0 Å². The van der Waals surface area contributed by atoms with E-state index in [9.17, 15) is 23.1 Å². The maximum Gasteiger partial charge on any atom is 0.329 e. The number of hydrogen-bond acceptors (Lipinski definition) is 4. The van der Waals surface area contributed by atoms with E-state index < -0.39 is 27.4 Å². The van der Waals surface area contributed by atoms with Gasteiger partial charge in [-0.3, -0.25) is 4.79 Å². The van der Waals surface area contributed by atoms with Crippen molar-refractivity contribution < 1.29 is 23.1 Å². The van der Waals surface area contributed by atoms with Gasteiger partial charge in [-0.1, -0.05) is 0 Å². The molecule has 0 aromatic heterocycles. The van der Waals surface area contributed by atoms with Crippen LogP contribution in [0.5, 0.6) is 0 Å². The summed E-state index contributed by atoms with van der Waals surface area (Å²) >= 11 is 0. The zero-order valence-electron chi connectivity index (χ0n) is 13.3. The van der Waals surface area contributed by atoms with Crippen LogP contribution in [0.1, 0.15) is 41.3 Å². The Kier molecular flexibility index (Phi) is 4.25. The van der Waals surface area contributed by atoms with Crippen LogP contribution in [0.2, 0.25) is 0 Å². The predicted octanol–water partition coefficient (Wildman–Crippen LogP) is 1.03. The zero-order chi connectivity index (χ0) is 17.6. The van der Waals surface area contributed by atoms with Gasteiger partial charge in [0.25, 0.3) is 5.91 Å². The Morgan fingerprint density at radius 2 is 1.91 bits per heavy atom. The molecule has 0 bridgehead atoms. The van der Waals surface area contributed by atoms with E-state index in [1.807, 2.05) is 0 Å². The van der Waals surface area contributed by atoms with E-state index in [2.05, 4.69) is 0 Å². The number of aliphatic carboxylic acids is 1. The number of hydrogen-bond donors (Lipinski definition) is 2. The molecule has 0 unspecified atom stereocenters. The lowest BCUT2D eigenvalue weighted by molar-refractivity contribution is -0.147. The van der Waals surface area contributed by atoms with Crippen LogP contribution in [0.4, 0.5) is 0 Å². The normalized spacial score (nSPS) is 21.5. The van der Waals surface area contributed by atoms with E-state index in [1.165, 1.54) is 17.9 Å². The highest BCUT2D eigenvalue weighted by Gasteiger charge is 2.46. The first-order valence-electron chi connectivity index (χ1n) is 7.18. The molecule has 0 saturated carbocycles. The summed E-state index contributed by atoms with van der Waals surface area (Å²) in [5.74, 6) is -1.57. The number of likely N-dealkylation sites (tertiary alicyclic amines) is 1. The van der Waals surface area contributed by atoms with Crippen molar-refractivity contribution in [1.82, 2.24) is 4.90 Å². The van der Waals surface area contributed by atoms with Gasteiger partial charge in [-0.25, -0.2) is 18.4 Å². The van der Waals surface area contributed by atoms with Crippen LogP contribution in [-0.4, -0.2) is 42.4 Å². The first-order chi connectivity index (χ1) is 10.5. The predicted molar refractivity (Wildman–Crippen MR) is 83.6 cm³/mol. The Morgan fingerprint density at radius 3 is 2.43 bits per heavy atom. The monoisotopic (exact) mass is 340 g/mol. The van der Waals surface area contributed by atoms with Gasteiger partial charge in [-0.15, -0.1) is 0 Å². The van der Waals surface area contributed by atoms with Gasteiger partial charge in [0.1, 0.15) is 5.54 Å². The van der Waals surface area contributed by atoms with Crippen LogP contribution >= 0.6 is 0 Å². The van der Waals surface area contributed by atoms with Crippen molar-refractivity contribution in [3.05, 3.63) is 28.8 Å². The SMILES string of the molecule is Cc1cc(C(=O)N2CCC[C@]2(C)C(=O)O)cc(S(N)(=O)=O)c1C. The second-order valence-corrected chi connectivity index (χ2v) is 7.63. The van der Waals surface area contributed by atoms with Gasteiger partial charge in [0, 0.05) is 12.1 Å². The highest BCUT2D eigenvalue weighted by atomic mass is 32.2. The minimum atomic E-state index is -3.97. The fourth-order valence-corrected chi connectivity index (χ4v) is 3.79. The zero-order valence-corrected chi connectivity index (χ0v) is 14.1. The van der Waals surface area contributed by atoms with Gasteiger partial charge < -0.3 is 10.0 Å². The van der Waals surface area contributed by atoms with Crippen molar-refractivity contribution in [2.75, 3.05) is 6.54 Å². The molecule has 0 spiro atoms. The lowest BCUT2D eigenvalue weighted by Gasteiger charge is -2.31. The van der Waals surface area contributed by atoms with Gasteiger partial charge in [-0.2, -0.15) is 0 Å². The van der Waals surface area contributed by atoms with E-state index in [0.29, 0.717) is 30.5 Å². The van der Waals surface area contributed by atoms with Crippen LogP contribution in [0.25, 0.3) is 0 Å². The van der Waals surface area contributed by atoms with Gasteiger partial charge in [0.05, 0.1) is 4.90 Å². The summed E-state index contributed by atoms with van der Waals surface area (Å²) in [6.07, 6.45) is 0.947. The van der Waals surface area contributed by atoms with Crippen LogP contribution in [0.3, 0.4) is 0 Å².